The van der Waals surface area contributed by atoms with Crippen LogP contribution in [0.4, 0.5) is 0 Å². The predicted molar refractivity (Wildman–Crippen MR) is 78.0 cm³/mol. The number of aliphatic hydroxyl groups excluding tert-OH is 1. The summed E-state index contributed by atoms with van der Waals surface area (Å²) in [5.41, 5.74) is 0.0439. The molecule has 0 radical (unpaired) electrons. The van der Waals surface area contributed by atoms with Crippen LogP contribution in [0.3, 0.4) is 0 Å². The Balaban J connectivity index is 1.93. The lowest BCUT2D eigenvalue weighted by Crippen LogP contribution is -2.21. The zero-order valence-corrected chi connectivity index (χ0v) is 12.2. The molecule has 5 heteroatoms. The lowest BCUT2D eigenvalue weighted by molar-refractivity contribution is 0.0671. The molecule has 21 heavy (non-hydrogen) atoms. The molecule has 0 saturated heterocycles. The number of carbonyl (C=O) groups is 1. The van der Waals surface area contributed by atoms with Crippen LogP contribution in [0.25, 0.3) is 0 Å². The third kappa shape index (κ3) is 4.36. The van der Waals surface area contributed by atoms with Crippen molar-refractivity contribution in [3.05, 3.63) is 23.8 Å². The monoisotopic (exact) mass is 294 g/mol. The Kier molecular flexibility index (Phi) is 5.44. The first kappa shape index (κ1) is 15.6. The second kappa shape index (κ2) is 7.31. The summed E-state index contributed by atoms with van der Waals surface area (Å²) in [7, 11) is 1.48. The van der Waals surface area contributed by atoms with E-state index in [0.717, 1.165) is 6.42 Å². The molecule has 0 spiro atoms. The molecular formula is C16H22O5. The van der Waals surface area contributed by atoms with Crippen molar-refractivity contribution in [2.45, 2.75) is 38.2 Å². The Hall–Kier alpha value is -1.75. The average Bonchev–Trinajstić information content (AvgIpc) is 2.97. The van der Waals surface area contributed by atoms with Crippen LogP contribution in [0, 0.1) is 5.92 Å². The molecule has 2 N–H and O–H groups in total. The topological polar surface area (TPSA) is 76.0 Å². The van der Waals surface area contributed by atoms with Gasteiger partial charge in [-0.05, 0) is 30.5 Å². The van der Waals surface area contributed by atoms with Gasteiger partial charge in [-0.15, -0.1) is 0 Å². The summed E-state index contributed by atoms with van der Waals surface area (Å²) in [4.78, 5) is 11.2. The zero-order chi connectivity index (χ0) is 15.2. The van der Waals surface area contributed by atoms with Crippen LogP contribution < -0.4 is 9.47 Å². The van der Waals surface area contributed by atoms with E-state index in [1.54, 1.807) is 12.1 Å². The number of methoxy groups -OCH3 is 1. The molecule has 1 aromatic carbocycles. The van der Waals surface area contributed by atoms with E-state index in [2.05, 4.69) is 0 Å². The summed E-state index contributed by atoms with van der Waals surface area (Å²) in [6.07, 6.45) is 4.97. The minimum absolute atomic E-state index is 0.0439. The van der Waals surface area contributed by atoms with E-state index >= 15 is 0 Å². The normalized spacial score (nSPS) is 16.7. The highest BCUT2D eigenvalue weighted by atomic mass is 16.5. The molecule has 1 aliphatic rings. The maximum Gasteiger partial charge on any atom is 0.339 e. The van der Waals surface area contributed by atoms with Gasteiger partial charge in [-0.3, -0.25) is 0 Å². The van der Waals surface area contributed by atoms with Crippen LogP contribution in [-0.4, -0.2) is 36.0 Å². The van der Waals surface area contributed by atoms with E-state index in [1.165, 1.54) is 38.9 Å². The van der Waals surface area contributed by atoms with Gasteiger partial charge >= 0.3 is 5.97 Å². The van der Waals surface area contributed by atoms with E-state index in [0.29, 0.717) is 11.7 Å². The molecule has 116 valence electrons. The highest BCUT2D eigenvalue weighted by Gasteiger charge is 2.20. The standard InChI is InChI=1S/C16H22O5/c1-20-13-6-7-15(14(9-13)16(18)19)21-10-12(17)8-11-4-2-3-5-11/h6-7,9,11-12,17H,2-5,8,10H2,1H3,(H,18,19). The van der Waals surface area contributed by atoms with Crippen molar-refractivity contribution < 1.29 is 24.5 Å². The lowest BCUT2D eigenvalue weighted by atomic mass is 10.0. The number of aliphatic hydroxyl groups is 1. The predicted octanol–water partition coefficient (Wildman–Crippen LogP) is 2.71. The fraction of sp³-hybridized carbons (Fsp3) is 0.562. The molecule has 1 aromatic rings. The summed E-state index contributed by atoms with van der Waals surface area (Å²) in [6, 6.07) is 4.62. The number of hydrogen-bond acceptors (Lipinski definition) is 4. The Bertz CT molecular complexity index is 480. The molecule has 0 heterocycles. The van der Waals surface area contributed by atoms with Crippen molar-refractivity contribution in [1.82, 2.24) is 0 Å². The van der Waals surface area contributed by atoms with Crippen molar-refractivity contribution in [1.29, 1.82) is 0 Å². The van der Waals surface area contributed by atoms with Gasteiger partial charge in [0.2, 0.25) is 0 Å². The molecule has 2 rings (SSSR count). The smallest absolute Gasteiger partial charge is 0.339 e. The zero-order valence-electron chi connectivity index (χ0n) is 12.2. The minimum Gasteiger partial charge on any atom is -0.497 e. The van der Waals surface area contributed by atoms with Gasteiger partial charge in [0, 0.05) is 0 Å². The number of hydrogen-bond donors (Lipinski definition) is 2. The number of carboxylic acid groups (broad SMARTS) is 1. The molecular weight excluding hydrogens is 272 g/mol. The van der Waals surface area contributed by atoms with Gasteiger partial charge in [0.05, 0.1) is 13.2 Å². The summed E-state index contributed by atoms with van der Waals surface area (Å²) in [6.45, 7) is 0.114. The van der Waals surface area contributed by atoms with Gasteiger partial charge in [0.1, 0.15) is 23.7 Å². The molecule has 5 nitrogen and oxygen atoms in total. The second-order valence-corrected chi connectivity index (χ2v) is 5.52. The molecule has 1 aliphatic carbocycles. The quantitative estimate of drug-likeness (QED) is 0.808. The molecule has 0 aromatic heterocycles. The van der Waals surface area contributed by atoms with Crippen molar-refractivity contribution in [2.24, 2.45) is 5.92 Å². The summed E-state index contributed by atoms with van der Waals surface area (Å²) in [5, 5.41) is 19.2. The van der Waals surface area contributed by atoms with Crippen molar-refractivity contribution >= 4 is 5.97 Å². The second-order valence-electron chi connectivity index (χ2n) is 5.52. The minimum atomic E-state index is -1.07. The SMILES string of the molecule is COc1ccc(OCC(O)CC2CCCC2)c(C(=O)O)c1. The molecule has 0 bridgehead atoms. The van der Waals surface area contributed by atoms with Crippen molar-refractivity contribution in [2.75, 3.05) is 13.7 Å². The summed E-state index contributed by atoms with van der Waals surface area (Å²) < 4.78 is 10.5. The molecule has 1 unspecified atom stereocenters. The number of ether oxygens (including phenoxy) is 2. The largest absolute Gasteiger partial charge is 0.497 e. The number of carboxylic acids is 1. The third-order valence-corrected chi connectivity index (χ3v) is 3.93. The number of benzene rings is 1. The first-order valence-electron chi connectivity index (χ1n) is 7.32. The van der Waals surface area contributed by atoms with Gasteiger partial charge in [-0.1, -0.05) is 25.7 Å². The van der Waals surface area contributed by atoms with Crippen LogP contribution in [0.15, 0.2) is 18.2 Å². The van der Waals surface area contributed by atoms with Gasteiger partial charge in [0.25, 0.3) is 0 Å². The van der Waals surface area contributed by atoms with Crippen molar-refractivity contribution in [3.63, 3.8) is 0 Å². The summed E-state index contributed by atoms with van der Waals surface area (Å²) in [5.74, 6) is 0.215. The van der Waals surface area contributed by atoms with E-state index in [4.69, 9.17) is 9.47 Å². The number of aromatic carboxylic acids is 1. The van der Waals surface area contributed by atoms with E-state index in [1.807, 2.05) is 0 Å². The van der Waals surface area contributed by atoms with Gasteiger partial charge in [-0.2, -0.15) is 0 Å². The molecule has 1 saturated carbocycles. The van der Waals surface area contributed by atoms with Gasteiger partial charge in [0.15, 0.2) is 0 Å². The van der Waals surface area contributed by atoms with Crippen LogP contribution in [0.5, 0.6) is 11.5 Å². The summed E-state index contributed by atoms with van der Waals surface area (Å²) >= 11 is 0. The third-order valence-electron chi connectivity index (χ3n) is 3.93. The fourth-order valence-electron chi connectivity index (χ4n) is 2.81. The maximum absolute atomic E-state index is 11.2. The molecule has 0 aliphatic heterocycles. The fourth-order valence-corrected chi connectivity index (χ4v) is 2.81. The Morgan fingerprint density at radius 2 is 2.10 bits per heavy atom. The molecule has 0 amide bonds. The average molecular weight is 294 g/mol. The van der Waals surface area contributed by atoms with Gasteiger partial charge < -0.3 is 19.7 Å². The van der Waals surface area contributed by atoms with Crippen LogP contribution in [0.2, 0.25) is 0 Å². The first-order valence-corrected chi connectivity index (χ1v) is 7.32. The van der Waals surface area contributed by atoms with Gasteiger partial charge in [-0.25, -0.2) is 4.79 Å². The van der Waals surface area contributed by atoms with E-state index < -0.39 is 12.1 Å². The van der Waals surface area contributed by atoms with Crippen LogP contribution in [-0.2, 0) is 0 Å². The maximum atomic E-state index is 11.2. The highest BCUT2D eigenvalue weighted by molar-refractivity contribution is 5.91. The van der Waals surface area contributed by atoms with Crippen LogP contribution >= 0.6 is 0 Å². The lowest BCUT2D eigenvalue weighted by Gasteiger charge is -2.17. The Labute approximate surface area is 124 Å². The van der Waals surface area contributed by atoms with E-state index in [9.17, 15) is 15.0 Å². The highest BCUT2D eigenvalue weighted by Crippen LogP contribution is 2.29. The van der Waals surface area contributed by atoms with Crippen LogP contribution in [0.1, 0.15) is 42.5 Å². The Morgan fingerprint density at radius 1 is 1.38 bits per heavy atom. The first-order chi connectivity index (χ1) is 10.1. The Morgan fingerprint density at radius 3 is 2.71 bits per heavy atom. The van der Waals surface area contributed by atoms with E-state index in [-0.39, 0.29) is 17.9 Å². The van der Waals surface area contributed by atoms with Crippen molar-refractivity contribution in [3.8, 4) is 11.5 Å². The number of rotatable bonds is 7. The molecule has 1 fully saturated rings. The molecule has 1 atom stereocenters.